The zero-order valence-corrected chi connectivity index (χ0v) is 24.4. The quantitative estimate of drug-likeness (QED) is 0.214. The molecule has 2 N–H and O–H groups in total. The maximum absolute atomic E-state index is 13.7. The van der Waals surface area contributed by atoms with E-state index in [4.69, 9.17) is 14.7 Å². The van der Waals surface area contributed by atoms with Gasteiger partial charge >= 0.3 is 5.97 Å². The second-order valence-electron chi connectivity index (χ2n) is 11.5. The summed E-state index contributed by atoms with van der Waals surface area (Å²) in [6.45, 7) is 8.02. The molecule has 2 saturated carbocycles. The maximum Gasteiger partial charge on any atom is 0.330 e. The zero-order chi connectivity index (χ0) is 30.6. The van der Waals surface area contributed by atoms with Crippen LogP contribution in [0.2, 0.25) is 0 Å². The lowest BCUT2D eigenvalue weighted by Crippen LogP contribution is -2.49. The number of rotatable bonds is 13. The summed E-state index contributed by atoms with van der Waals surface area (Å²) >= 11 is 0. The fourth-order valence-electron chi connectivity index (χ4n) is 6.02. The molecule has 2 aliphatic carbocycles. The van der Waals surface area contributed by atoms with Gasteiger partial charge in [-0.3, -0.25) is 9.59 Å². The van der Waals surface area contributed by atoms with Gasteiger partial charge in [0.1, 0.15) is 11.6 Å². The van der Waals surface area contributed by atoms with Gasteiger partial charge in [-0.1, -0.05) is 54.6 Å². The number of carboxylic acids is 1. The molecule has 5 atom stereocenters. The van der Waals surface area contributed by atoms with Crippen molar-refractivity contribution in [3.05, 3.63) is 79.9 Å². The molecule has 9 nitrogen and oxygen atoms in total. The Morgan fingerprint density at radius 3 is 2.47 bits per heavy atom. The van der Waals surface area contributed by atoms with Crippen molar-refractivity contribution in [1.82, 2.24) is 20.2 Å². The fourth-order valence-corrected chi connectivity index (χ4v) is 6.02. The van der Waals surface area contributed by atoms with Crippen LogP contribution >= 0.6 is 0 Å². The van der Waals surface area contributed by atoms with E-state index in [-0.39, 0.29) is 24.7 Å². The highest BCUT2D eigenvalue weighted by Gasteiger charge is 2.61. The monoisotopic (exact) mass is 582 g/mol. The fraction of sp³-hybridized carbons (Fsp3) is 0.382. The first kappa shape index (κ1) is 29.9. The molecule has 0 aliphatic heterocycles. The molecule has 0 bridgehead atoms. The number of ether oxygens (including phenoxy) is 1. The summed E-state index contributed by atoms with van der Waals surface area (Å²) in [6.07, 6.45) is 6.35. The van der Waals surface area contributed by atoms with E-state index in [0.29, 0.717) is 24.7 Å². The van der Waals surface area contributed by atoms with Gasteiger partial charge in [0.25, 0.3) is 0 Å². The molecule has 0 spiro atoms. The topological polar surface area (TPSA) is 122 Å². The number of allylic oxidation sites excluding steroid dienone is 1. The molecule has 2 aromatic carbocycles. The van der Waals surface area contributed by atoms with Gasteiger partial charge in [0.05, 0.1) is 22.7 Å². The van der Waals surface area contributed by atoms with E-state index in [9.17, 15) is 19.5 Å². The molecule has 5 unspecified atom stereocenters. The third-order valence-electron chi connectivity index (χ3n) is 8.61. The minimum atomic E-state index is -1.38. The predicted octanol–water partition coefficient (Wildman–Crippen LogP) is 5.03. The van der Waals surface area contributed by atoms with Gasteiger partial charge in [-0.25, -0.2) is 9.78 Å². The van der Waals surface area contributed by atoms with Crippen molar-refractivity contribution in [2.75, 3.05) is 13.6 Å². The van der Waals surface area contributed by atoms with Crippen LogP contribution < -0.4 is 10.1 Å². The molecule has 0 saturated heterocycles. The molecule has 224 valence electrons. The lowest BCUT2D eigenvalue weighted by molar-refractivity contribution is -0.145. The smallest absolute Gasteiger partial charge is 0.330 e. The molecule has 0 radical (unpaired) electrons. The average Bonchev–Trinajstić information content (AvgIpc) is 3.59. The lowest BCUT2D eigenvalue weighted by atomic mass is 9.93. The number of carbonyl (C=O) groups is 3. The summed E-state index contributed by atoms with van der Waals surface area (Å²) in [7, 11) is 1.75. The van der Waals surface area contributed by atoms with Crippen LogP contribution in [-0.4, -0.2) is 63.0 Å². The molecule has 3 aromatic rings. The van der Waals surface area contributed by atoms with Crippen molar-refractivity contribution < 1.29 is 24.2 Å². The number of aromatic nitrogens is 2. The van der Waals surface area contributed by atoms with Gasteiger partial charge in [-0.15, -0.1) is 13.2 Å². The van der Waals surface area contributed by atoms with E-state index in [1.54, 1.807) is 18.0 Å². The Balaban J connectivity index is 1.41. The number of fused-ring (bicyclic) bond motifs is 1. The van der Waals surface area contributed by atoms with Crippen molar-refractivity contribution in [2.45, 2.75) is 50.2 Å². The van der Waals surface area contributed by atoms with Gasteiger partial charge in [0.2, 0.25) is 17.7 Å². The molecular formula is C34H38N4O5. The summed E-state index contributed by atoms with van der Waals surface area (Å²) in [6, 6.07) is 17.2. The molecule has 2 aliphatic rings. The Morgan fingerprint density at radius 1 is 1.05 bits per heavy atom. The maximum atomic E-state index is 13.7. The van der Waals surface area contributed by atoms with Crippen molar-refractivity contribution in [3.8, 4) is 17.3 Å². The Kier molecular flexibility index (Phi) is 8.89. The van der Waals surface area contributed by atoms with E-state index in [1.165, 1.54) is 0 Å². The molecule has 1 aromatic heterocycles. The van der Waals surface area contributed by atoms with Gasteiger partial charge in [-0.05, 0) is 50.7 Å². The number of carboxylic acid groups (broad SMARTS) is 1. The Hall–Kier alpha value is -4.53. The van der Waals surface area contributed by atoms with Gasteiger partial charge in [0, 0.05) is 25.1 Å². The summed E-state index contributed by atoms with van der Waals surface area (Å²) in [5.41, 5.74) is 0.182. The van der Waals surface area contributed by atoms with Crippen LogP contribution in [0.5, 0.6) is 5.88 Å². The minimum absolute atomic E-state index is 0.150. The summed E-state index contributed by atoms with van der Waals surface area (Å²) in [5.74, 6) is -2.57. The third-order valence-corrected chi connectivity index (χ3v) is 8.61. The molecule has 2 fully saturated rings. The number of hydrogen-bond donors (Lipinski definition) is 2. The first-order chi connectivity index (χ1) is 20.8. The minimum Gasteiger partial charge on any atom is -0.479 e. The van der Waals surface area contributed by atoms with Crippen molar-refractivity contribution in [1.29, 1.82) is 0 Å². The Morgan fingerprint density at radius 2 is 1.77 bits per heavy atom. The second-order valence-corrected chi connectivity index (χ2v) is 11.5. The normalized spacial score (nSPS) is 24.2. The molecule has 43 heavy (non-hydrogen) atoms. The Labute approximate surface area is 251 Å². The first-order valence-electron chi connectivity index (χ1n) is 14.8. The van der Waals surface area contributed by atoms with Crippen LogP contribution in [0.25, 0.3) is 22.3 Å². The van der Waals surface area contributed by atoms with Crippen molar-refractivity contribution in [3.63, 3.8) is 0 Å². The third kappa shape index (κ3) is 6.30. The highest BCUT2D eigenvalue weighted by molar-refractivity contribution is 5.94. The standard InChI is InChI=1S/C34H38N4O5/c1-4-6-7-13-18-38(3)32(40)27-20-24(19-26(27)30(39)37-34(33(41)42)21-23(34)5-2)43-31-25-16-11-12-17-28(25)35-29(36-31)22-14-9-8-10-15-22/h4-5,8-12,14-17,23-24,26-27H,1-2,6-7,13,18-21H2,3H3,(H,37,39)(H,41,42). The number of para-hydroxylation sites is 1. The number of hydrogen-bond acceptors (Lipinski definition) is 6. The summed E-state index contributed by atoms with van der Waals surface area (Å²) < 4.78 is 6.49. The van der Waals surface area contributed by atoms with E-state index >= 15 is 0 Å². The van der Waals surface area contributed by atoms with Crippen LogP contribution in [0.15, 0.2) is 79.9 Å². The largest absolute Gasteiger partial charge is 0.479 e. The number of unbranched alkanes of at least 4 members (excludes halogenated alkanes) is 2. The summed E-state index contributed by atoms with van der Waals surface area (Å²) in [4.78, 5) is 50.6. The number of aliphatic carboxylic acids is 1. The number of nitrogens with zero attached hydrogens (tertiary/aromatic N) is 3. The van der Waals surface area contributed by atoms with Gasteiger partial charge in [-0.2, -0.15) is 4.98 Å². The highest BCUT2D eigenvalue weighted by Crippen LogP contribution is 2.46. The van der Waals surface area contributed by atoms with Gasteiger partial charge in [0.15, 0.2) is 5.82 Å². The molecule has 9 heteroatoms. The first-order valence-corrected chi connectivity index (χ1v) is 14.8. The lowest BCUT2D eigenvalue weighted by Gasteiger charge is -2.25. The van der Waals surface area contributed by atoms with Crippen molar-refractivity contribution >= 4 is 28.7 Å². The Bertz CT molecular complexity index is 1530. The zero-order valence-electron chi connectivity index (χ0n) is 24.4. The SMILES string of the molecule is C=CCCCCN(C)C(=O)C1CC(Oc2nc(-c3ccccc3)nc3ccccc23)CC1C(=O)NC1(C(=O)O)CC1C=C. The van der Waals surface area contributed by atoms with Crippen LogP contribution in [-0.2, 0) is 14.4 Å². The van der Waals surface area contributed by atoms with Crippen molar-refractivity contribution in [2.24, 2.45) is 17.8 Å². The van der Waals surface area contributed by atoms with Crippen LogP contribution in [0.3, 0.4) is 0 Å². The summed E-state index contributed by atoms with van der Waals surface area (Å²) in [5, 5.41) is 13.4. The number of benzene rings is 2. The molecular weight excluding hydrogens is 544 g/mol. The van der Waals surface area contributed by atoms with E-state index in [1.807, 2.05) is 60.7 Å². The predicted molar refractivity (Wildman–Crippen MR) is 164 cm³/mol. The molecule has 2 amide bonds. The van der Waals surface area contributed by atoms with Gasteiger partial charge < -0.3 is 20.1 Å². The second kappa shape index (κ2) is 12.8. The van der Waals surface area contributed by atoms with Crippen LogP contribution in [0, 0.1) is 17.8 Å². The molecule has 5 rings (SSSR count). The van der Waals surface area contributed by atoms with E-state index in [2.05, 4.69) is 18.5 Å². The van der Waals surface area contributed by atoms with Crippen LogP contribution in [0.1, 0.15) is 38.5 Å². The number of amides is 2. The van der Waals surface area contributed by atoms with E-state index < -0.39 is 35.4 Å². The van der Waals surface area contributed by atoms with Crippen LogP contribution in [0.4, 0.5) is 0 Å². The van der Waals surface area contributed by atoms with E-state index in [0.717, 1.165) is 35.7 Å². The average molecular weight is 583 g/mol. The number of carbonyl (C=O) groups excluding carboxylic acids is 2. The number of nitrogens with one attached hydrogen (secondary N) is 1. The highest BCUT2D eigenvalue weighted by atomic mass is 16.5. The molecule has 1 heterocycles.